The van der Waals surface area contributed by atoms with Crippen LogP contribution in [0.25, 0.3) is 11.1 Å². The van der Waals surface area contributed by atoms with E-state index in [0.29, 0.717) is 22.5 Å². The van der Waals surface area contributed by atoms with Crippen LogP contribution in [0.3, 0.4) is 0 Å². The van der Waals surface area contributed by atoms with Gasteiger partial charge in [0.1, 0.15) is 11.6 Å². The minimum Gasteiger partial charge on any atom is -0.475 e. The Hall–Kier alpha value is -2.33. The van der Waals surface area contributed by atoms with Gasteiger partial charge in [0.15, 0.2) is 0 Å². The van der Waals surface area contributed by atoms with Crippen molar-refractivity contribution in [2.75, 3.05) is 0 Å². The maximum Gasteiger partial charge on any atom is 0.371 e. The highest BCUT2D eigenvalue weighted by Crippen LogP contribution is 2.39. The third kappa shape index (κ3) is 4.20. The minimum absolute atomic E-state index is 0.0459. The molecule has 0 aliphatic carbocycles. The Balaban J connectivity index is 2.54. The van der Waals surface area contributed by atoms with Gasteiger partial charge in [0.05, 0.1) is 5.02 Å². The number of rotatable bonds is 4. The van der Waals surface area contributed by atoms with E-state index in [1.165, 1.54) is 18.2 Å². The second-order valence-electron chi connectivity index (χ2n) is 6.89. The monoisotopic (exact) mass is 362 g/mol. The second kappa shape index (κ2) is 6.89. The van der Waals surface area contributed by atoms with E-state index < -0.39 is 11.8 Å². The van der Waals surface area contributed by atoms with Gasteiger partial charge in [-0.05, 0) is 53.3 Å². The summed E-state index contributed by atoms with van der Waals surface area (Å²) in [6.07, 6.45) is 1.79. The summed E-state index contributed by atoms with van der Waals surface area (Å²) < 4.78 is 19.3. The average molecular weight is 363 g/mol. The molecule has 0 bridgehead atoms. The van der Waals surface area contributed by atoms with Crippen molar-refractivity contribution >= 4 is 28.7 Å². The lowest BCUT2D eigenvalue weighted by Gasteiger charge is -2.23. The van der Waals surface area contributed by atoms with Gasteiger partial charge in [-0.3, -0.25) is 0 Å². The van der Waals surface area contributed by atoms with Gasteiger partial charge < -0.3 is 9.52 Å². The van der Waals surface area contributed by atoms with Crippen molar-refractivity contribution in [3.8, 4) is 0 Å². The zero-order valence-corrected chi connectivity index (χ0v) is 15.4. The number of hydrogen-bond donors (Lipinski definition) is 1. The Morgan fingerprint density at radius 3 is 2.44 bits per heavy atom. The fraction of sp³-hybridized carbons (Fsp3) is 0.250. The number of furan rings is 1. The number of aromatic carboxylic acids is 1. The van der Waals surface area contributed by atoms with Gasteiger partial charge in [-0.2, -0.15) is 0 Å². The quantitative estimate of drug-likeness (QED) is 0.656. The van der Waals surface area contributed by atoms with Crippen LogP contribution in [0.2, 0.25) is 5.02 Å². The average Bonchev–Trinajstić information content (AvgIpc) is 2.88. The first kappa shape index (κ1) is 19.0. The molecule has 0 saturated carbocycles. The number of halogens is 2. The molecule has 1 aromatic carbocycles. The lowest BCUT2D eigenvalue weighted by molar-refractivity contribution is 0.0661. The van der Waals surface area contributed by atoms with E-state index in [0.717, 1.165) is 5.57 Å². The van der Waals surface area contributed by atoms with E-state index in [9.17, 15) is 9.18 Å². The van der Waals surface area contributed by atoms with E-state index in [2.05, 4.69) is 6.58 Å². The van der Waals surface area contributed by atoms with Crippen molar-refractivity contribution < 1.29 is 18.7 Å². The van der Waals surface area contributed by atoms with Gasteiger partial charge in [0.2, 0.25) is 5.76 Å². The van der Waals surface area contributed by atoms with Crippen LogP contribution < -0.4 is 0 Å². The van der Waals surface area contributed by atoms with Gasteiger partial charge in [-0.15, -0.1) is 0 Å². The molecule has 0 amide bonds. The highest BCUT2D eigenvalue weighted by atomic mass is 35.5. The van der Waals surface area contributed by atoms with Crippen molar-refractivity contribution in [2.45, 2.75) is 27.7 Å². The maximum absolute atomic E-state index is 13.7. The summed E-state index contributed by atoms with van der Waals surface area (Å²) in [5.74, 6) is -1.28. The molecule has 3 nitrogen and oxygen atoms in total. The molecule has 5 heteroatoms. The number of carboxylic acid groups (broad SMARTS) is 1. The zero-order valence-electron chi connectivity index (χ0n) is 14.6. The standard InChI is InChI=1S/C20H20ClFO3/c1-11(13-6-7-15(21)16(22)10-13)8-14(20(3,4)5)18-12(2)9-17(25-18)19(23)24/h6-10H,1H2,2-5H3,(H,23,24)/b14-8+. The fourth-order valence-electron chi connectivity index (χ4n) is 2.43. The minimum atomic E-state index is -1.12. The molecule has 1 N–H and O–H groups in total. The topological polar surface area (TPSA) is 50.4 Å². The van der Waals surface area contributed by atoms with Crippen molar-refractivity contribution in [2.24, 2.45) is 5.41 Å². The fourth-order valence-corrected chi connectivity index (χ4v) is 2.55. The first-order valence-electron chi connectivity index (χ1n) is 7.71. The molecule has 132 valence electrons. The summed E-state index contributed by atoms with van der Waals surface area (Å²) in [6, 6.07) is 5.96. The normalized spacial score (nSPS) is 12.3. The summed E-state index contributed by atoms with van der Waals surface area (Å²) in [5, 5.41) is 9.18. The lowest BCUT2D eigenvalue weighted by Crippen LogP contribution is -2.09. The Labute approximate surface area is 151 Å². The summed E-state index contributed by atoms with van der Waals surface area (Å²) in [4.78, 5) is 11.2. The number of carbonyl (C=O) groups is 1. The molecule has 0 spiro atoms. The van der Waals surface area contributed by atoms with Crippen molar-refractivity contribution in [3.63, 3.8) is 0 Å². The maximum atomic E-state index is 13.7. The SMILES string of the molecule is C=C(/C=C(\c1oc(C(=O)O)cc1C)C(C)(C)C)c1ccc(Cl)c(F)c1. The molecule has 0 atom stereocenters. The van der Waals surface area contributed by atoms with Crippen LogP contribution in [0.15, 0.2) is 41.3 Å². The third-order valence-electron chi connectivity index (χ3n) is 3.79. The van der Waals surface area contributed by atoms with Gasteiger partial charge in [-0.1, -0.05) is 45.0 Å². The van der Waals surface area contributed by atoms with Crippen molar-refractivity contribution in [3.05, 3.63) is 70.4 Å². The van der Waals surface area contributed by atoms with Crippen LogP contribution in [0.5, 0.6) is 0 Å². The van der Waals surface area contributed by atoms with Crippen molar-refractivity contribution in [1.82, 2.24) is 0 Å². The number of carboxylic acids is 1. The first-order chi connectivity index (χ1) is 11.5. The van der Waals surface area contributed by atoms with Crippen LogP contribution >= 0.6 is 11.6 Å². The molecular weight excluding hydrogens is 343 g/mol. The van der Waals surface area contributed by atoms with Crippen LogP contribution in [0.4, 0.5) is 4.39 Å². The van der Waals surface area contributed by atoms with Gasteiger partial charge >= 0.3 is 5.97 Å². The van der Waals surface area contributed by atoms with Gasteiger partial charge in [-0.25, -0.2) is 9.18 Å². The molecule has 1 aromatic heterocycles. The summed E-state index contributed by atoms with van der Waals surface area (Å²) in [6.45, 7) is 11.7. The third-order valence-corrected chi connectivity index (χ3v) is 4.10. The predicted octanol–water partition coefficient (Wildman–Crippen LogP) is 6.22. The van der Waals surface area contributed by atoms with Gasteiger partial charge in [0.25, 0.3) is 0 Å². The molecule has 1 heterocycles. The smallest absolute Gasteiger partial charge is 0.371 e. The summed E-state index contributed by atoms with van der Waals surface area (Å²) >= 11 is 5.72. The van der Waals surface area contributed by atoms with Crippen LogP contribution in [0, 0.1) is 18.2 Å². The molecular formula is C20H20ClFO3. The van der Waals surface area contributed by atoms with E-state index in [1.807, 2.05) is 20.8 Å². The number of hydrogen-bond acceptors (Lipinski definition) is 2. The van der Waals surface area contributed by atoms with E-state index in [-0.39, 0.29) is 16.2 Å². The van der Waals surface area contributed by atoms with Crippen molar-refractivity contribution in [1.29, 1.82) is 0 Å². The Bertz CT molecular complexity index is 870. The van der Waals surface area contributed by atoms with E-state index in [4.69, 9.17) is 21.1 Å². The largest absolute Gasteiger partial charge is 0.475 e. The second-order valence-corrected chi connectivity index (χ2v) is 7.30. The molecule has 25 heavy (non-hydrogen) atoms. The first-order valence-corrected chi connectivity index (χ1v) is 8.09. The molecule has 2 aromatic rings. The Morgan fingerprint density at radius 2 is 1.96 bits per heavy atom. The predicted molar refractivity (Wildman–Crippen MR) is 98.3 cm³/mol. The molecule has 0 radical (unpaired) electrons. The molecule has 0 fully saturated rings. The summed E-state index contributed by atoms with van der Waals surface area (Å²) in [5.41, 5.74) is 2.32. The highest BCUT2D eigenvalue weighted by molar-refractivity contribution is 6.30. The highest BCUT2D eigenvalue weighted by Gasteiger charge is 2.25. The molecule has 2 rings (SSSR count). The van der Waals surface area contributed by atoms with Crippen LogP contribution in [0.1, 0.15) is 48.2 Å². The zero-order chi connectivity index (χ0) is 18.9. The molecule has 0 saturated heterocycles. The van der Waals surface area contributed by atoms with Crippen LogP contribution in [-0.2, 0) is 0 Å². The van der Waals surface area contributed by atoms with E-state index >= 15 is 0 Å². The Morgan fingerprint density at radius 1 is 1.32 bits per heavy atom. The molecule has 0 aliphatic rings. The molecule has 0 unspecified atom stereocenters. The number of benzene rings is 1. The van der Waals surface area contributed by atoms with E-state index in [1.54, 1.807) is 19.1 Å². The molecule has 0 aliphatic heterocycles. The number of allylic oxidation sites excluding steroid dienone is 3. The number of aryl methyl sites for hydroxylation is 1. The summed E-state index contributed by atoms with van der Waals surface area (Å²) in [7, 11) is 0. The Kier molecular flexibility index (Phi) is 5.23. The van der Waals surface area contributed by atoms with Crippen LogP contribution in [-0.4, -0.2) is 11.1 Å². The van der Waals surface area contributed by atoms with Gasteiger partial charge in [0, 0.05) is 5.57 Å². The lowest BCUT2D eigenvalue weighted by atomic mass is 9.82.